The van der Waals surface area contributed by atoms with Gasteiger partial charge in [-0.2, -0.15) is 0 Å². The molecule has 0 aromatic heterocycles. The molecule has 0 aliphatic rings. The van der Waals surface area contributed by atoms with Gasteiger partial charge in [-0.25, -0.2) is 4.79 Å². The average molecular weight is 258 g/mol. The van der Waals surface area contributed by atoms with Crippen LogP contribution in [0.2, 0.25) is 0 Å². The summed E-state index contributed by atoms with van der Waals surface area (Å²) in [6.07, 6.45) is 0. The lowest BCUT2D eigenvalue weighted by Gasteiger charge is -2.24. The number of aliphatic carboxylic acids is 1. The van der Waals surface area contributed by atoms with E-state index in [0.717, 1.165) is 10.0 Å². The maximum Gasteiger partial charge on any atom is 0.328 e. The van der Waals surface area contributed by atoms with E-state index in [-0.39, 0.29) is 0 Å². The summed E-state index contributed by atoms with van der Waals surface area (Å²) in [5.41, 5.74) is -0.295. The van der Waals surface area contributed by atoms with Crippen LogP contribution in [0.3, 0.4) is 0 Å². The van der Waals surface area contributed by atoms with E-state index in [9.17, 15) is 4.79 Å². The maximum absolute atomic E-state index is 11.1. The van der Waals surface area contributed by atoms with Gasteiger partial charge in [-0.15, -0.1) is 0 Å². The van der Waals surface area contributed by atoms with Gasteiger partial charge in [-0.05, 0) is 31.7 Å². The van der Waals surface area contributed by atoms with Crippen LogP contribution >= 0.6 is 15.9 Å². The van der Waals surface area contributed by atoms with Gasteiger partial charge in [0.2, 0.25) is 0 Å². The molecule has 1 unspecified atom stereocenters. The molecule has 4 heteroatoms. The molecular weight excluding hydrogens is 246 g/mol. The van der Waals surface area contributed by atoms with Crippen molar-refractivity contribution in [2.45, 2.75) is 12.5 Å². The molecule has 0 aliphatic carbocycles. The Morgan fingerprint density at radius 1 is 1.43 bits per heavy atom. The summed E-state index contributed by atoms with van der Waals surface area (Å²) in [7, 11) is 1.64. The van der Waals surface area contributed by atoms with Crippen LogP contribution in [0.15, 0.2) is 28.7 Å². The zero-order valence-corrected chi connectivity index (χ0v) is 9.63. The van der Waals surface area contributed by atoms with Gasteiger partial charge in [0.15, 0.2) is 0 Å². The van der Waals surface area contributed by atoms with Gasteiger partial charge in [0.25, 0.3) is 0 Å². The first-order valence-corrected chi connectivity index (χ1v) is 4.98. The SMILES string of the molecule is CNC(C)(C(=O)O)c1ccc(Br)cc1. The lowest BCUT2D eigenvalue weighted by molar-refractivity contribution is -0.144. The number of carboxylic acid groups (broad SMARTS) is 1. The second kappa shape index (κ2) is 4.11. The van der Waals surface area contributed by atoms with Crippen LogP contribution in [0.5, 0.6) is 0 Å². The first kappa shape index (κ1) is 11.2. The molecule has 0 spiro atoms. The highest BCUT2D eigenvalue weighted by Gasteiger charge is 2.32. The Morgan fingerprint density at radius 2 is 1.93 bits per heavy atom. The number of likely N-dealkylation sites (N-methyl/N-ethyl adjacent to an activating group) is 1. The lowest BCUT2D eigenvalue weighted by Crippen LogP contribution is -2.44. The molecule has 0 bridgehead atoms. The molecule has 0 fully saturated rings. The van der Waals surface area contributed by atoms with Crippen molar-refractivity contribution >= 4 is 21.9 Å². The molecule has 1 atom stereocenters. The molecule has 14 heavy (non-hydrogen) atoms. The normalized spacial score (nSPS) is 14.8. The fraction of sp³-hybridized carbons (Fsp3) is 0.300. The molecule has 2 N–H and O–H groups in total. The highest BCUT2D eigenvalue weighted by molar-refractivity contribution is 9.10. The number of halogens is 1. The minimum Gasteiger partial charge on any atom is -0.480 e. The minimum absolute atomic E-state index is 0.732. The predicted octanol–water partition coefficient (Wildman–Crippen LogP) is 1.97. The summed E-state index contributed by atoms with van der Waals surface area (Å²) in [5.74, 6) is -0.887. The number of nitrogens with one attached hydrogen (secondary N) is 1. The van der Waals surface area contributed by atoms with Crippen molar-refractivity contribution in [2.24, 2.45) is 0 Å². The Morgan fingerprint density at radius 3 is 2.29 bits per heavy atom. The third-order valence-corrected chi connectivity index (χ3v) is 2.88. The first-order chi connectivity index (χ1) is 6.50. The fourth-order valence-electron chi connectivity index (χ4n) is 1.16. The third-order valence-electron chi connectivity index (χ3n) is 2.35. The van der Waals surface area contributed by atoms with Crippen LogP contribution in [0.4, 0.5) is 0 Å². The van der Waals surface area contributed by atoms with Crippen molar-refractivity contribution in [3.05, 3.63) is 34.3 Å². The van der Waals surface area contributed by atoms with Gasteiger partial charge in [0.1, 0.15) is 5.54 Å². The Kier molecular flexibility index (Phi) is 3.29. The van der Waals surface area contributed by atoms with E-state index >= 15 is 0 Å². The molecular formula is C10H12BrNO2. The van der Waals surface area contributed by atoms with Crippen LogP contribution < -0.4 is 5.32 Å². The van der Waals surface area contributed by atoms with Gasteiger partial charge in [0, 0.05) is 4.47 Å². The summed E-state index contributed by atoms with van der Waals surface area (Å²) in [4.78, 5) is 11.1. The molecule has 76 valence electrons. The quantitative estimate of drug-likeness (QED) is 0.871. The lowest BCUT2D eigenvalue weighted by atomic mass is 9.92. The molecule has 1 aromatic carbocycles. The van der Waals surface area contributed by atoms with Crippen LogP contribution in [-0.2, 0) is 10.3 Å². The van der Waals surface area contributed by atoms with E-state index in [1.807, 2.05) is 12.1 Å². The molecule has 0 radical (unpaired) electrons. The largest absolute Gasteiger partial charge is 0.480 e. The zero-order valence-electron chi connectivity index (χ0n) is 8.04. The van der Waals surface area contributed by atoms with E-state index in [1.54, 1.807) is 26.1 Å². The first-order valence-electron chi connectivity index (χ1n) is 4.19. The van der Waals surface area contributed by atoms with E-state index in [0.29, 0.717) is 0 Å². The summed E-state index contributed by atoms with van der Waals surface area (Å²) in [6.45, 7) is 1.64. The van der Waals surface area contributed by atoms with Gasteiger partial charge in [-0.1, -0.05) is 28.1 Å². The number of carboxylic acids is 1. The Hall–Kier alpha value is -0.870. The van der Waals surface area contributed by atoms with E-state index in [2.05, 4.69) is 21.2 Å². The Bertz CT molecular complexity index is 336. The average Bonchev–Trinajstić information content (AvgIpc) is 2.17. The molecule has 0 heterocycles. The molecule has 0 amide bonds. The maximum atomic E-state index is 11.1. The minimum atomic E-state index is -1.03. The number of carbonyl (C=O) groups is 1. The molecule has 0 aliphatic heterocycles. The summed E-state index contributed by atoms with van der Waals surface area (Å²) < 4.78 is 0.935. The zero-order chi connectivity index (χ0) is 10.8. The molecule has 1 rings (SSSR count). The van der Waals surface area contributed by atoms with Gasteiger partial charge in [0.05, 0.1) is 0 Å². The van der Waals surface area contributed by atoms with E-state index in [1.165, 1.54) is 0 Å². The molecule has 3 nitrogen and oxygen atoms in total. The number of hydrogen-bond donors (Lipinski definition) is 2. The summed E-state index contributed by atoms with van der Waals surface area (Å²) in [6, 6.07) is 7.23. The van der Waals surface area contributed by atoms with Gasteiger partial charge in [-0.3, -0.25) is 0 Å². The standard InChI is InChI=1S/C10H12BrNO2/c1-10(12-2,9(13)14)7-3-5-8(11)6-4-7/h3-6,12H,1-2H3,(H,13,14). The van der Waals surface area contributed by atoms with Crippen molar-refractivity contribution < 1.29 is 9.90 Å². The number of hydrogen-bond acceptors (Lipinski definition) is 2. The molecule has 0 saturated heterocycles. The summed E-state index contributed by atoms with van der Waals surface area (Å²) >= 11 is 3.30. The molecule has 0 saturated carbocycles. The number of rotatable bonds is 3. The Balaban J connectivity index is 3.13. The van der Waals surface area contributed by atoms with Crippen molar-refractivity contribution in [2.75, 3.05) is 7.05 Å². The van der Waals surface area contributed by atoms with Gasteiger partial charge >= 0.3 is 5.97 Å². The second-order valence-electron chi connectivity index (χ2n) is 3.19. The van der Waals surface area contributed by atoms with Crippen LogP contribution in [-0.4, -0.2) is 18.1 Å². The topological polar surface area (TPSA) is 49.3 Å². The van der Waals surface area contributed by atoms with Crippen LogP contribution in [0, 0.1) is 0 Å². The molecule has 1 aromatic rings. The number of benzene rings is 1. The van der Waals surface area contributed by atoms with E-state index < -0.39 is 11.5 Å². The van der Waals surface area contributed by atoms with Crippen molar-refractivity contribution in [1.82, 2.24) is 5.32 Å². The van der Waals surface area contributed by atoms with Gasteiger partial charge < -0.3 is 10.4 Å². The van der Waals surface area contributed by atoms with Crippen molar-refractivity contribution in [3.8, 4) is 0 Å². The smallest absolute Gasteiger partial charge is 0.328 e. The third kappa shape index (κ3) is 1.96. The van der Waals surface area contributed by atoms with Crippen LogP contribution in [0.25, 0.3) is 0 Å². The van der Waals surface area contributed by atoms with E-state index in [4.69, 9.17) is 5.11 Å². The predicted molar refractivity (Wildman–Crippen MR) is 58.2 cm³/mol. The summed E-state index contributed by atoms with van der Waals surface area (Å²) in [5, 5.41) is 11.9. The highest BCUT2D eigenvalue weighted by atomic mass is 79.9. The monoisotopic (exact) mass is 257 g/mol. The fourth-order valence-corrected chi connectivity index (χ4v) is 1.42. The second-order valence-corrected chi connectivity index (χ2v) is 4.10. The van der Waals surface area contributed by atoms with Crippen molar-refractivity contribution in [3.63, 3.8) is 0 Å². The van der Waals surface area contributed by atoms with Crippen LogP contribution in [0.1, 0.15) is 12.5 Å². The van der Waals surface area contributed by atoms with Crippen molar-refractivity contribution in [1.29, 1.82) is 0 Å². The highest BCUT2D eigenvalue weighted by Crippen LogP contribution is 2.22. The Labute approximate surface area is 91.3 Å².